The molecule has 20 heavy (non-hydrogen) atoms. The van der Waals surface area contributed by atoms with Crippen LogP contribution in [0.15, 0.2) is 27.6 Å². The monoisotopic (exact) mass is 380 g/mol. The Kier molecular flexibility index (Phi) is 5.05. The molecule has 0 spiro atoms. The lowest BCUT2D eigenvalue weighted by Crippen LogP contribution is -2.33. The first-order valence-corrected chi connectivity index (χ1v) is 9.33. The van der Waals surface area contributed by atoms with Gasteiger partial charge in [-0.15, -0.1) is 0 Å². The Morgan fingerprint density at radius 2 is 2.05 bits per heavy atom. The van der Waals surface area contributed by atoms with Crippen molar-refractivity contribution in [3.8, 4) is 0 Å². The number of benzene rings is 1. The largest absolute Gasteiger partial charge is 0.289 e. The van der Waals surface area contributed by atoms with Gasteiger partial charge in [0.2, 0.25) is 10.0 Å². The highest BCUT2D eigenvalue weighted by atomic mass is 79.9. The van der Waals surface area contributed by atoms with Crippen molar-refractivity contribution >= 4 is 43.4 Å². The fourth-order valence-corrected chi connectivity index (χ4v) is 5.13. The van der Waals surface area contributed by atoms with Gasteiger partial charge in [-0.1, -0.05) is 15.9 Å². The van der Waals surface area contributed by atoms with Crippen LogP contribution >= 0.6 is 27.7 Å². The maximum Gasteiger partial charge on any atom is 0.289 e. The van der Waals surface area contributed by atoms with Crippen molar-refractivity contribution in [3.05, 3.63) is 32.8 Å². The molecule has 1 saturated heterocycles. The highest BCUT2D eigenvalue weighted by molar-refractivity contribution is 9.10. The Hall–Kier alpha value is -0.640. The maximum atomic E-state index is 12.6. The van der Waals surface area contributed by atoms with Gasteiger partial charge in [0.15, 0.2) is 4.90 Å². The molecule has 0 saturated carbocycles. The van der Waals surface area contributed by atoms with Crippen LogP contribution in [0, 0.1) is 10.1 Å². The quantitative estimate of drug-likeness (QED) is 0.594. The van der Waals surface area contributed by atoms with Gasteiger partial charge in [0.25, 0.3) is 5.69 Å². The fourth-order valence-electron chi connectivity index (χ4n) is 1.95. The van der Waals surface area contributed by atoms with E-state index in [0.29, 0.717) is 23.3 Å². The van der Waals surface area contributed by atoms with Gasteiger partial charge in [-0.25, -0.2) is 8.42 Å². The van der Waals surface area contributed by atoms with Gasteiger partial charge in [-0.05, 0) is 24.3 Å². The van der Waals surface area contributed by atoms with E-state index in [1.54, 1.807) is 11.8 Å². The average molecular weight is 381 g/mol. The number of nitro benzene ring substituents is 1. The zero-order valence-electron chi connectivity index (χ0n) is 10.5. The molecule has 1 heterocycles. The zero-order chi connectivity index (χ0) is 14.8. The molecule has 0 bridgehead atoms. The van der Waals surface area contributed by atoms with Crippen LogP contribution in [0.3, 0.4) is 0 Å². The lowest BCUT2D eigenvalue weighted by molar-refractivity contribution is -0.387. The molecule has 0 aromatic heterocycles. The SMILES string of the molecule is O=[N+]([O-])c1ccc(Br)cc1S(=O)(=O)N1CCCSCC1. The Morgan fingerprint density at radius 3 is 2.75 bits per heavy atom. The summed E-state index contributed by atoms with van der Waals surface area (Å²) in [5, 5.41) is 11.0. The van der Waals surface area contributed by atoms with Gasteiger partial charge in [-0.3, -0.25) is 10.1 Å². The first kappa shape index (κ1) is 15.7. The van der Waals surface area contributed by atoms with E-state index < -0.39 is 14.9 Å². The first-order chi connectivity index (χ1) is 9.43. The van der Waals surface area contributed by atoms with Crippen molar-refractivity contribution in [1.29, 1.82) is 0 Å². The molecule has 0 aliphatic carbocycles. The van der Waals surface area contributed by atoms with Crippen molar-refractivity contribution < 1.29 is 13.3 Å². The van der Waals surface area contributed by atoms with Crippen molar-refractivity contribution in [2.75, 3.05) is 24.6 Å². The fraction of sp³-hybridized carbons (Fsp3) is 0.455. The molecule has 6 nitrogen and oxygen atoms in total. The van der Waals surface area contributed by atoms with E-state index in [2.05, 4.69) is 15.9 Å². The van der Waals surface area contributed by atoms with Crippen LogP contribution in [-0.4, -0.2) is 42.2 Å². The summed E-state index contributed by atoms with van der Waals surface area (Å²) in [5.74, 6) is 1.62. The van der Waals surface area contributed by atoms with Crippen molar-refractivity contribution in [2.24, 2.45) is 0 Å². The third-order valence-corrected chi connectivity index (χ3v) is 6.39. The molecule has 1 aliphatic heterocycles. The van der Waals surface area contributed by atoms with E-state index in [4.69, 9.17) is 0 Å². The van der Waals surface area contributed by atoms with Crippen LogP contribution in [0.25, 0.3) is 0 Å². The molecular formula is C11H13BrN2O4S2. The van der Waals surface area contributed by atoms with Gasteiger partial charge < -0.3 is 0 Å². The van der Waals surface area contributed by atoms with Gasteiger partial charge in [-0.2, -0.15) is 16.1 Å². The summed E-state index contributed by atoms with van der Waals surface area (Å²) in [4.78, 5) is 10.1. The smallest absolute Gasteiger partial charge is 0.258 e. The summed E-state index contributed by atoms with van der Waals surface area (Å²) in [5.41, 5.74) is -0.384. The number of halogens is 1. The average Bonchev–Trinajstić information content (AvgIpc) is 2.67. The Morgan fingerprint density at radius 1 is 1.30 bits per heavy atom. The van der Waals surface area contributed by atoms with E-state index >= 15 is 0 Å². The first-order valence-electron chi connectivity index (χ1n) is 5.95. The summed E-state index contributed by atoms with van der Waals surface area (Å²) in [7, 11) is -3.84. The molecule has 0 unspecified atom stereocenters. The third-order valence-electron chi connectivity index (χ3n) is 2.92. The Bertz CT molecular complexity index is 613. The van der Waals surface area contributed by atoms with Crippen LogP contribution in [0.4, 0.5) is 5.69 Å². The highest BCUT2D eigenvalue weighted by Gasteiger charge is 2.32. The Labute approximate surface area is 129 Å². The maximum absolute atomic E-state index is 12.6. The van der Waals surface area contributed by atoms with Crippen LogP contribution < -0.4 is 0 Å². The summed E-state index contributed by atoms with van der Waals surface area (Å²) < 4.78 is 27.1. The van der Waals surface area contributed by atoms with Gasteiger partial charge in [0, 0.05) is 29.4 Å². The number of rotatable bonds is 3. The second-order valence-corrected chi connectivity index (χ2v) is 8.29. The third kappa shape index (κ3) is 3.33. The van der Waals surface area contributed by atoms with Crippen LogP contribution in [0.5, 0.6) is 0 Å². The molecule has 1 aromatic rings. The van der Waals surface area contributed by atoms with Crippen molar-refractivity contribution in [1.82, 2.24) is 4.31 Å². The molecule has 0 amide bonds. The number of nitro groups is 1. The molecule has 0 radical (unpaired) electrons. The predicted molar refractivity (Wildman–Crippen MR) is 81.5 cm³/mol. The predicted octanol–water partition coefficient (Wildman–Crippen LogP) is 2.48. The molecule has 0 N–H and O–H groups in total. The number of hydrogen-bond acceptors (Lipinski definition) is 5. The molecular weight excluding hydrogens is 368 g/mol. The molecule has 0 atom stereocenters. The van der Waals surface area contributed by atoms with Crippen LogP contribution in [0.2, 0.25) is 0 Å². The molecule has 1 fully saturated rings. The lowest BCUT2D eigenvalue weighted by atomic mass is 10.3. The minimum Gasteiger partial charge on any atom is -0.258 e. The highest BCUT2D eigenvalue weighted by Crippen LogP contribution is 2.30. The summed E-state index contributed by atoms with van der Waals surface area (Å²) in [6.07, 6.45) is 0.756. The topological polar surface area (TPSA) is 80.5 Å². The summed E-state index contributed by atoms with van der Waals surface area (Å²) in [6.45, 7) is 0.787. The number of thioether (sulfide) groups is 1. The van der Waals surface area contributed by atoms with E-state index in [9.17, 15) is 18.5 Å². The van der Waals surface area contributed by atoms with Crippen LogP contribution in [-0.2, 0) is 10.0 Å². The zero-order valence-corrected chi connectivity index (χ0v) is 13.7. The second-order valence-electron chi connectivity index (χ2n) is 4.24. The minimum atomic E-state index is -3.84. The summed E-state index contributed by atoms with van der Waals surface area (Å²) >= 11 is 4.86. The van der Waals surface area contributed by atoms with E-state index in [-0.39, 0.29) is 10.6 Å². The number of nitrogens with zero attached hydrogens (tertiary/aromatic N) is 2. The minimum absolute atomic E-state index is 0.247. The van der Waals surface area contributed by atoms with Gasteiger partial charge in [0.1, 0.15) is 0 Å². The second kappa shape index (κ2) is 6.42. The molecule has 2 rings (SSSR count). The Balaban J connectivity index is 2.47. The van der Waals surface area contributed by atoms with E-state index in [1.807, 2.05) is 0 Å². The molecule has 1 aromatic carbocycles. The molecule has 9 heteroatoms. The molecule has 1 aliphatic rings. The van der Waals surface area contributed by atoms with E-state index in [1.165, 1.54) is 22.5 Å². The standard InChI is InChI=1S/C11H13BrN2O4S2/c12-9-2-3-10(14(15)16)11(8-9)20(17,18)13-4-1-6-19-7-5-13/h2-3,8H,1,4-7H2. The van der Waals surface area contributed by atoms with Crippen LogP contribution in [0.1, 0.15) is 6.42 Å². The normalized spacial score (nSPS) is 17.6. The van der Waals surface area contributed by atoms with Gasteiger partial charge in [0.05, 0.1) is 4.92 Å². The molecule has 110 valence electrons. The summed E-state index contributed by atoms with van der Waals surface area (Å²) in [6, 6.07) is 3.98. The number of hydrogen-bond donors (Lipinski definition) is 0. The lowest BCUT2D eigenvalue weighted by Gasteiger charge is -2.19. The number of sulfonamides is 1. The van der Waals surface area contributed by atoms with Crippen molar-refractivity contribution in [3.63, 3.8) is 0 Å². The van der Waals surface area contributed by atoms with Gasteiger partial charge >= 0.3 is 0 Å². The van der Waals surface area contributed by atoms with E-state index in [0.717, 1.165) is 12.2 Å². The van der Waals surface area contributed by atoms with Crippen molar-refractivity contribution in [2.45, 2.75) is 11.3 Å².